The number of ether oxygens (including phenoxy) is 1. The van der Waals surface area contributed by atoms with Crippen LogP contribution in [0.15, 0.2) is 36.5 Å². The highest BCUT2D eigenvalue weighted by Gasteiger charge is 2.33. The Hall–Kier alpha value is -3.04. The molecule has 32 heavy (non-hydrogen) atoms. The van der Waals surface area contributed by atoms with E-state index in [9.17, 15) is 14.0 Å². The Balaban J connectivity index is 1.46. The molecular weight excluding hydrogens is 415 g/mol. The number of aromatic nitrogens is 1. The number of halogens is 1. The lowest BCUT2D eigenvalue weighted by Crippen LogP contribution is -2.50. The van der Waals surface area contributed by atoms with Gasteiger partial charge in [-0.05, 0) is 31.0 Å². The number of piperidine rings is 1. The number of rotatable bonds is 7. The van der Waals surface area contributed by atoms with E-state index in [4.69, 9.17) is 15.6 Å². The average Bonchev–Trinajstić information content (AvgIpc) is 3.66. The van der Waals surface area contributed by atoms with Crippen molar-refractivity contribution in [1.29, 1.82) is 0 Å². The van der Waals surface area contributed by atoms with E-state index in [1.807, 2.05) is 24.3 Å². The van der Waals surface area contributed by atoms with Gasteiger partial charge in [0.1, 0.15) is 18.5 Å². The van der Waals surface area contributed by atoms with Gasteiger partial charge in [0.05, 0.1) is 18.4 Å². The van der Waals surface area contributed by atoms with Gasteiger partial charge in [-0.3, -0.25) is 14.6 Å². The van der Waals surface area contributed by atoms with Crippen molar-refractivity contribution >= 4 is 17.5 Å². The highest BCUT2D eigenvalue weighted by molar-refractivity contribution is 5.94. The molecule has 1 aliphatic carbocycles. The van der Waals surface area contributed by atoms with Gasteiger partial charge < -0.3 is 25.8 Å². The first-order valence-electron chi connectivity index (χ1n) is 10.8. The van der Waals surface area contributed by atoms with E-state index in [-0.39, 0.29) is 24.9 Å². The lowest BCUT2D eigenvalue weighted by molar-refractivity contribution is -0.138. The third-order valence-electron chi connectivity index (χ3n) is 5.79. The van der Waals surface area contributed by atoms with Crippen LogP contribution >= 0.6 is 0 Å². The van der Waals surface area contributed by atoms with Crippen LogP contribution in [0.5, 0.6) is 5.75 Å². The number of pyridine rings is 1. The van der Waals surface area contributed by atoms with Gasteiger partial charge in [0.25, 0.3) is 0 Å². The van der Waals surface area contributed by atoms with Crippen LogP contribution < -0.4 is 15.8 Å². The van der Waals surface area contributed by atoms with Crippen LogP contribution in [-0.4, -0.2) is 58.8 Å². The summed E-state index contributed by atoms with van der Waals surface area (Å²) in [6.07, 6.45) is 1.61. The molecular formula is C23H27FN4O4. The Morgan fingerprint density at radius 1 is 1.28 bits per heavy atom. The zero-order valence-electron chi connectivity index (χ0n) is 17.7. The number of benzene rings is 1. The van der Waals surface area contributed by atoms with Crippen LogP contribution in [0, 0.1) is 5.92 Å². The molecule has 8 nitrogen and oxygen atoms in total. The highest BCUT2D eigenvalue weighted by atomic mass is 19.1. The molecule has 0 bridgehead atoms. The molecule has 0 unspecified atom stereocenters. The lowest BCUT2D eigenvalue weighted by Gasteiger charge is -2.34. The molecule has 1 aromatic carbocycles. The summed E-state index contributed by atoms with van der Waals surface area (Å²) in [7, 11) is 0. The summed E-state index contributed by atoms with van der Waals surface area (Å²) in [5, 5.41) is 11.9. The number of nitrogens with one attached hydrogen (secondary N) is 1. The van der Waals surface area contributed by atoms with E-state index >= 15 is 0 Å². The molecule has 1 aliphatic heterocycles. The minimum Gasteiger partial charge on any atom is -0.485 e. The van der Waals surface area contributed by atoms with Gasteiger partial charge in [-0.15, -0.1) is 0 Å². The Bertz CT molecular complexity index is 998. The number of carbonyl (C=O) groups excluding carboxylic acids is 2. The van der Waals surface area contributed by atoms with E-state index in [1.54, 1.807) is 6.07 Å². The Morgan fingerprint density at radius 3 is 2.78 bits per heavy atom. The van der Waals surface area contributed by atoms with Gasteiger partial charge in [0.2, 0.25) is 11.8 Å². The second-order valence-corrected chi connectivity index (χ2v) is 8.18. The topological polar surface area (TPSA) is 118 Å². The van der Waals surface area contributed by atoms with Crippen molar-refractivity contribution in [3.05, 3.63) is 42.1 Å². The van der Waals surface area contributed by atoms with E-state index < -0.39 is 24.8 Å². The molecule has 9 heteroatoms. The van der Waals surface area contributed by atoms with Gasteiger partial charge >= 0.3 is 0 Å². The van der Waals surface area contributed by atoms with E-state index in [2.05, 4.69) is 10.3 Å². The largest absolute Gasteiger partial charge is 0.485 e. The third-order valence-corrected chi connectivity index (χ3v) is 5.79. The predicted molar refractivity (Wildman–Crippen MR) is 117 cm³/mol. The molecule has 2 aromatic rings. The molecule has 2 heterocycles. The number of likely N-dealkylation sites (tertiary alicyclic amines) is 1. The number of alkyl halides is 1. The van der Waals surface area contributed by atoms with Crippen molar-refractivity contribution in [3.63, 3.8) is 0 Å². The summed E-state index contributed by atoms with van der Waals surface area (Å²) in [5.74, 6) is 0.0679. The van der Waals surface area contributed by atoms with Crippen molar-refractivity contribution in [2.75, 3.05) is 25.0 Å². The average molecular weight is 442 g/mol. The zero-order valence-corrected chi connectivity index (χ0v) is 17.7. The second-order valence-electron chi connectivity index (χ2n) is 8.18. The maximum Gasteiger partial charge on any atom is 0.248 e. The Morgan fingerprint density at radius 2 is 2.09 bits per heavy atom. The first-order valence-corrected chi connectivity index (χ1v) is 10.8. The Labute approximate surface area is 185 Å². The number of anilines is 1. The van der Waals surface area contributed by atoms with Crippen LogP contribution in [0.25, 0.3) is 11.3 Å². The zero-order chi connectivity index (χ0) is 22.7. The molecule has 2 amide bonds. The molecule has 1 saturated heterocycles. The second kappa shape index (κ2) is 9.62. The summed E-state index contributed by atoms with van der Waals surface area (Å²) in [6.45, 7) is -0.256. The van der Waals surface area contributed by atoms with Gasteiger partial charge in [-0.1, -0.05) is 12.1 Å². The van der Waals surface area contributed by atoms with Crippen LogP contribution in [0.3, 0.4) is 0 Å². The molecule has 170 valence electrons. The maximum absolute atomic E-state index is 14.6. The van der Waals surface area contributed by atoms with E-state index in [0.717, 1.165) is 18.4 Å². The fourth-order valence-electron chi connectivity index (χ4n) is 3.76. The van der Waals surface area contributed by atoms with Gasteiger partial charge in [-0.25, -0.2) is 4.39 Å². The lowest BCUT2D eigenvalue weighted by atomic mass is 10.0. The number of hydrogen-bond acceptors (Lipinski definition) is 6. The summed E-state index contributed by atoms with van der Waals surface area (Å²) in [5.41, 5.74) is 8.79. The maximum atomic E-state index is 14.6. The fraction of sp³-hybridized carbons (Fsp3) is 0.435. The molecule has 1 aromatic heterocycles. The molecule has 4 rings (SSSR count). The SMILES string of the molecule is NCc1cc(-c2cccc(NC(=O)C3CC3)c2)ncc1O[C@H]1CCN(C(=O)CO)C[C@H]1F. The van der Waals surface area contributed by atoms with Crippen molar-refractivity contribution in [2.45, 2.75) is 38.1 Å². The van der Waals surface area contributed by atoms with Crippen LogP contribution in [0.1, 0.15) is 24.8 Å². The molecule has 2 aliphatic rings. The normalized spacial score (nSPS) is 20.7. The monoisotopic (exact) mass is 442 g/mol. The highest BCUT2D eigenvalue weighted by Crippen LogP contribution is 2.31. The number of amides is 2. The smallest absolute Gasteiger partial charge is 0.248 e. The summed E-state index contributed by atoms with van der Waals surface area (Å²) in [6, 6.07) is 9.23. The van der Waals surface area contributed by atoms with Crippen molar-refractivity contribution in [1.82, 2.24) is 9.88 Å². The number of carbonyl (C=O) groups is 2. The summed E-state index contributed by atoms with van der Waals surface area (Å²) in [4.78, 5) is 29.4. The third kappa shape index (κ3) is 5.05. The van der Waals surface area contributed by atoms with Crippen molar-refractivity contribution < 1.29 is 23.8 Å². The summed E-state index contributed by atoms with van der Waals surface area (Å²) >= 11 is 0. The first kappa shape index (κ1) is 22.2. The molecule has 4 N–H and O–H groups in total. The van der Waals surface area contributed by atoms with Crippen LogP contribution in [-0.2, 0) is 16.1 Å². The standard InChI is InChI=1S/C23H27FN4O4/c24-18-12-28(22(30)13-29)7-6-20(18)32-21-11-26-19(9-16(21)10-25)15-2-1-3-17(8-15)27-23(31)14-4-5-14/h1-3,8-9,11,14,18,20,29H,4-7,10,12-13,25H2,(H,27,31)/t18-,20+/m1/s1. The number of nitrogens with two attached hydrogens (primary N) is 1. The number of aliphatic hydroxyl groups excluding tert-OH is 1. The fourth-order valence-corrected chi connectivity index (χ4v) is 3.76. The van der Waals surface area contributed by atoms with Crippen molar-refractivity contribution in [2.24, 2.45) is 11.7 Å². The van der Waals surface area contributed by atoms with Crippen molar-refractivity contribution in [3.8, 4) is 17.0 Å². The van der Waals surface area contributed by atoms with E-state index in [0.29, 0.717) is 35.7 Å². The number of nitrogens with zero attached hydrogens (tertiary/aromatic N) is 2. The molecule has 2 atom stereocenters. The molecule has 1 saturated carbocycles. The number of hydrogen-bond donors (Lipinski definition) is 3. The van der Waals surface area contributed by atoms with Gasteiger partial charge in [0, 0.05) is 42.2 Å². The Kier molecular flexibility index (Phi) is 6.66. The van der Waals surface area contributed by atoms with Gasteiger partial charge in [0.15, 0.2) is 6.17 Å². The molecule has 0 spiro atoms. The predicted octanol–water partition coefficient (Wildman–Crippen LogP) is 1.87. The minimum absolute atomic E-state index is 0.0361. The van der Waals surface area contributed by atoms with Crippen LogP contribution in [0.2, 0.25) is 0 Å². The molecule has 2 fully saturated rings. The van der Waals surface area contributed by atoms with E-state index in [1.165, 1.54) is 11.1 Å². The quantitative estimate of drug-likeness (QED) is 0.603. The molecule has 0 radical (unpaired) electrons. The first-order chi connectivity index (χ1) is 15.5. The summed E-state index contributed by atoms with van der Waals surface area (Å²) < 4.78 is 20.5. The van der Waals surface area contributed by atoms with Gasteiger partial charge in [-0.2, -0.15) is 0 Å². The minimum atomic E-state index is -1.38. The number of aliphatic hydroxyl groups is 1. The van der Waals surface area contributed by atoms with Crippen LogP contribution in [0.4, 0.5) is 10.1 Å².